The van der Waals surface area contributed by atoms with Gasteiger partial charge in [-0.25, -0.2) is 0 Å². The Bertz CT molecular complexity index is 331. The van der Waals surface area contributed by atoms with Gasteiger partial charge in [-0.2, -0.15) is 4.33 Å². The second-order valence-electron chi connectivity index (χ2n) is 3.25. The molecule has 0 spiro atoms. The maximum Gasteiger partial charge on any atom is 0.293 e. The predicted octanol–water partition coefficient (Wildman–Crippen LogP) is 1.41. The summed E-state index contributed by atoms with van der Waals surface area (Å²) >= 11 is 0.893. The third kappa shape index (κ3) is 5.69. The molecular formula is C11H13O5S-. The van der Waals surface area contributed by atoms with E-state index < -0.39 is 0 Å². The first-order valence-corrected chi connectivity index (χ1v) is 5.89. The average Bonchev–Trinajstić information content (AvgIpc) is 2.37. The molecule has 0 aromatic heterocycles. The topological polar surface area (TPSA) is 67.8 Å². The highest BCUT2D eigenvalue weighted by Crippen LogP contribution is 2.24. The van der Waals surface area contributed by atoms with Crippen LogP contribution in [0.5, 0.6) is 0 Å². The SMILES string of the molecule is O=COCCCCc1ccccc1SOO[O-]. The van der Waals surface area contributed by atoms with E-state index in [1.807, 2.05) is 24.3 Å². The predicted molar refractivity (Wildman–Crippen MR) is 59.4 cm³/mol. The molecule has 0 fully saturated rings. The number of hydrogen-bond donors (Lipinski definition) is 0. The van der Waals surface area contributed by atoms with E-state index in [1.54, 1.807) is 0 Å². The van der Waals surface area contributed by atoms with E-state index >= 15 is 0 Å². The highest BCUT2D eigenvalue weighted by Gasteiger charge is 2.03. The number of hydrogen-bond acceptors (Lipinski definition) is 6. The van der Waals surface area contributed by atoms with Crippen LogP contribution in [0.25, 0.3) is 0 Å². The molecule has 0 N–H and O–H groups in total. The van der Waals surface area contributed by atoms with Crippen LogP contribution in [0.1, 0.15) is 18.4 Å². The van der Waals surface area contributed by atoms with Gasteiger partial charge in [0, 0.05) is 4.90 Å². The van der Waals surface area contributed by atoms with Crippen molar-refractivity contribution in [3.63, 3.8) is 0 Å². The Labute approximate surface area is 104 Å². The summed E-state index contributed by atoms with van der Waals surface area (Å²) in [7, 11) is 0. The Morgan fingerprint density at radius 2 is 2.12 bits per heavy atom. The molecule has 1 aromatic rings. The van der Waals surface area contributed by atoms with Crippen LogP contribution in [0.2, 0.25) is 0 Å². The first-order valence-electron chi connectivity index (χ1n) is 5.15. The van der Waals surface area contributed by atoms with Crippen molar-refractivity contribution in [1.29, 1.82) is 0 Å². The third-order valence-corrected chi connectivity index (χ3v) is 2.85. The maximum absolute atomic E-state index is 9.92. The van der Waals surface area contributed by atoms with Gasteiger partial charge in [-0.15, -0.1) is 0 Å². The lowest BCUT2D eigenvalue weighted by molar-refractivity contribution is -0.777. The molecule has 5 nitrogen and oxygen atoms in total. The lowest BCUT2D eigenvalue weighted by atomic mass is 10.1. The molecule has 0 aliphatic carbocycles. The smallest absolute Gasteiger partial charge is 0.293 e. The molecule has 0 radical (unpaired) electrons. The van der Waals surface area contributed by atoms with Gasteiger partial charge in [-0.05, 0) is 30.9 Å². The standard InChI is InChI=1S/C11H14O5S/c12-9-14-8-4-3-6-10-5-1-2-7-11(10)17-16-15-13/h1-2,5,7,9,13H,3-4,6,8H2/p-1. The van der Waals surface area contributed by atoms with Crippen molar-refractivity contribution in [2.75, 3.05) is 6.61 Å². The first-order chi connectivity index (χ1) is 8.38. The van der Waals surface area contributed by atoms with Gasteiger partial charge in [0.25, 0.3) is 6.47 Å². The number of benzene rings is 1. The molecular weight excluding hydrogens is 244 g/mol. The van der Waals surface area contributed by atoms with Crippen LogP contribution >= 0.6 is 12.0 Å². The number of rotatable bonds is 9. The molecule has 17 heavy (non-hydrogen) atoms. The lowest BCUT2D eigenvalue weighted by Crippen LogP contribution is -2.01. The lowest BCUT2D eigenvalue weighted by Gasteiger charge is -2.09. The Morgan fingerprint density at radius 1 is 1.29 bits per heavy atom. The molecule has 0 aliphatic heterocycles. The van der Waals surface area contributed by atoms with Crippen molar-refractivity contribution in [3.8, 4) is 0 Å². The maximum atomic E-state index is 9.92. The molecule has 0 bridgehead atoms. The van der Waals surface area contributed by atoms with E-state index in [0.717, 1.165) is 41.8 Å². The summed E-state index contributed by atoms with van der Waals surface area (Å²) in [6, 6.07) is 7.58. The van der Waals surface area contributed by atoms with Crippen LogP contribution in [-0.4, -0.2) is 13.1 Å². The van der Waals surface area contributed by atoms with Gasteiger partial charge in [0.2, 0.25) is 0 Å². The molecule has 0 amide bonds. The van der Waals surface area contributed by atoms with Gasteiger partial charge in [-0.3, -0.25) is 9.83 Å². The Kier molecular flexibility index (Phi) is 7.40. The van der Waals surface area contributed by atoms with Crippen LogP contribution < -0.4 is 5.26 Å². The van der Waals surface area contributed by atoms with E-state index in [9.17, 15) is 10.1 Å². The van der Waals surface area contributed by atoms with Crippen LogP contribution in [0, 0.1) is 0 Å². The van der Waals surface area contributed by atoms with Gasteiger partial charge in [0.1, 0.15) is 0 Å². The minimum Gasteiger partial charge on any atom is -0.691 e. The summed E-state index contributed by atoms with van der Waals surface area (Å²) in [5, 5.41) is 13.1. The highest BCUT2D eigenvalue weighted by atomic mass is 32.2. The molecule has 0 saturated heterocycles. The van der Waals surface area contributed by atoms with Gasteiger partial charge in [0.05, 0.1) is 18.6 Å². The number of unbranched alkanes of at least 4 members (excludes halogenated alkanes) is 1. The molecule has 1 aromatic carbocycles. The zero-order valence-corrected chi connectivity index (χ0v) is 9.98. The fraction of sp³-hybridized carbons (Fsp3) is 0.364. The summed E-state index contributed by atoms with van der Waals surface area (Å²) in [4.78, 5) is 10.8. The Morgan fingerprint density at radius 3 is 2.88 bits per heavy atom. The monoisotopic (exact) mass is 257 g/mol. The van der Waals surface area contributed by atoms with Crippen molar-refractivity contribution in [2.24, 2.45) is 0 Å². The van der Waals surface area contributed by atoms with Crippen molar-refractivity contribution in [3.05, 3.63) is 29.8 Å². The zero-order valence-electron chi connectivity index (χ0n) is 9.16. The molecule has 0 heterocycles. The third-order valence-electron chi connectivity index (χ3n) is 2.15. The zero-order chi connectivity index (χ0) is 12.3. The first kappa shape index (κ1) is 14.0. The number of aryl methyl sites for hydroxylation is 1. The molecule has 94 valence electrons. The van der Waals surface area contributed by atoms with Gasteiger partial charge in [0.15, 0.2) is 0 Å². The summed E-state index contributed by atoms with van der Waals surface area (Å²) in [6.07, 6.45) is 2.52. The fourth-order valence-corrected chi connectivity index (χ4v) is 1.90. The highest BCUT2D eigenvalue weighted by molar-refractivity contribution is 7.94. The quantitative estimate of drug-likeness (QED) is 0.219. The van der Waals surface area contributed by atoms with Crippen LogP contribution in [0.15, 0.2) is 29.2 Å². The summed E-state index contributed by atoms with van der Waals surface area (Å²) in [5.74, 6) is 0. The van der Waals surface area contributed by atoms with Crippen LogP contribution in [-0.2, 0) is 25.3 Å². The van der Waals surface area contributed by atoms with Crippen LogP contribution in [0.3, 0.4) is 0 Å². The average molecular weight is 257 g/mol. The number of carbonyl (C=O) groups excluding carboxylic acids is 1. The number of ether oxygens (including phenoxy) is 1. The van der Waals surface area contributed by atoms with E-state index in [2.05, 4.69) is 14.1 Å². The second kappa shape index (κ2) is 9.00. The minimum atomic E-state index is 0.430. The molecule has 6 heteroatoms. The molecule has 0 aliphatic rings. The van der Waals surface area contributed by atoms with E-state index in [-0.39, 0.29) is 0 Å². The molecule has 0 unspecified atom stereocenters. The summed E-state index contributed by atoms with van der Waals surface area (Å²) in [5.41, 5.74) is 1.07. The van der Waals surface area contributed by atoms with E-state index in [1.165, 1.54) is 0 Å². The van der Waals surface area contributed by atoms with Gasteiger partial charge < -0.3 is 9.99 Å². The van der Waals surface area contributed by atoms with E-state index in [4.69, 9.17) is 0 Å². The normalized spacial score (nSPS) is 10.2. The van der Waals surface area contributed by atoms with Crippen LogP contribution in [0.4, 0.5) is 0 Å². The van der Waals surface area contributed by atoms with Crippen molar-refractivity contribution >= 4 is 18.5 Å². The van der Waals surface area contributed by atoms with Crippen molar-refractivity contribution in [1.82, 2.24) is 0 Å². The molecule has 0 saturated carbocycles. The molecule has 1 rings (SSSR count). The second-order valence-corrected chi connectivity index (χ2v) is 3.99. The minimum absolute atomic E-state index is 0.430. The largest absolute Gasteiger partial charge is 0.691 e. The van der Waals surface area contributed by atoms with E-state index in [0.29, 0.717) is 13.1 Å². The molecule has 0 atom stereocenters. The summed E-state index contributed by atoms with van der Waals surface area (Å²) < 4.78 is 8.89. The Balaban J connectivity index is 2.37. The Hall–Kier alpha value is -1.08. The summed E-state index contributed by atoms with van der Waals surface area (Å²) in [6.45, 7) is 0.877. The number of carbonyl (C=O) groups is 1. The van der Waals surface area contributed by atoms with Gasteiger partial charge >= 0.3 is 0 Å². The fourth-order valence-electron chi connectivity index (χ4n) is 1.39. The van der Waals surface area contributed by atoms with Crippen molar-refractivity contribution < 1.29 is 24.2 Å². The van der Waals surface area contributed by atoms with Crippen molar-refractivity contribution in [2.45, 2.75) is 24.2 Å². The van der Waals surface area contributed by atoms with Gasteiger partial charge in [-0.1, -0.05) is 18.2 Å².